The van der Waals surface area contributed by atoms with Crippen molar-refractivity contribution in [3.8, 4) is 0 Å². The summed E-state index contributed by atoms with van der Waals surface area (Å²) in [4.78, 5) is 10.7. The summed E-state index contributed by atoms with van der Waals surface area (Å²) in [6, 6.07) is 0. The number of amides is 1. The molecule has 0 aromatic rings. The molecular formula is C7H12INO2. The van der Waals surface area contributed by atoms with Crippen LogP contribution in [0.3, 0.4) is 0 Å². The minimum absolute atomic E-state index is 0.274. The van der Waals surface area contributed by atoms with Crippen LogP contribution in [-0.2, 0) is 4.74 Å². The lowest BCUT2D eigenvalue weighted by molar-refractivity contribution is 0.158. The molecule has 4 heteroatoms. The number of carbonyl (C=O) groups excluding carboxylic acids is 1. The summed E-state index contributed by atoms with van der Waals surface area (Å²) in [5, 5.41) is 2.60. The normalized spacial score (nSPS) is 8.82. The smallest absolute Gasteiger partial charge is 0.407 e. The van der Waals surface area contributed by atoms with Gasteiger partial charge in [0, 0.05) is 11.0 Å². The average molecular weight is 269 g/mol. The molecule has 0 rings (SSSR count). The number of nitrogens with one attached hydrogen (secondary N) is 1. The predicted molar refractivity (Wildman–Crippen MR) is 53.1 cm³/mol. The third-order valence-corrected chi connectivity index (χ3v) is 1.67. The molecule has 0 fully saturated rings. The van der Waals surface area contributed by atoms with Gasteiger partial charge < -0.3 is 10.1 Å². The quantitative estimate of drug-likeness (QED) is 0.357. The van der Waals surface area contributed by atoms with Crippen molar-refractivity contribution < 1.29 is 9.53 Å². The molecule has 0 spiro atoms. The number of alkyl halides is 1. The van der Waals surface area contributed by atoms with Gasteiger partial charge in [-0.15, -0.1) is 0 Å². The maximum Gasteiger partial charge on any atom is 0.407 e. The molecule has 3 nitrogen and oxygen atoms in total. The Labute approximate surface area is 80.3 Å². The molecule has 0 unspecified atom stereocenters. The Hall–Kier alpha value is -0.260. The van der Waals surface area contributed by atoms with Gasteiger partial charge in [-0.1, -0.05) is 35.2 Å². The molecule has 0 radical (unpaired) electrons. The summed E-state index contributed by atoms with van der Waals surface area (Å²) in [6.45, 7) is 4.38. The van der Waals surface area contributed by atoms with Crippen LogP contribution in [0.5, 0.6) is 0 Å². The maximum atomic E-state index is 10.7. The lowest BCUT2D eigenvalue weighted by Crippen LogP contribution is -2.25. The Morgan fingerprint density at radius 2 is 2.45 bits per heavy atom. The highest BCUT2D eigenvalue weighted by molar-refractivity contribution is 14.1. The molecule has 0 aromatic heterocycles. The lowest BCUT2D eigenvalue weighted by atomic mass is 10.5. The van der Waals surface area contributed by atoms with Crippen molar-refractivity contribution in [1.29, 1.82) is 0 Å². The summed E-state index contributed by atoms with van der Waals surface area (Å²) in [7, 11) is 0. The van der Waals surface area contributed by atoms with Crippen molar-refractivity contribution in [2.24, 2.45) is 0 Å². The summed E-state index contributed by atoms with van der Waals surface area (Å²) in [5.41, 5.74) is 0. The van der Waals surface area contributed by atoms with Crippen molar-refractivity contribution in [2.75, 3.05) is 17.6 Å². The molecule has 0 heterocycles. The molecule has 0 aromatic carbocycles. The molecule has 0 saturated heterocycles. The highest BCUT2D eigenvalue weighted by atomic mass is 127. The van der Waals surface area contributed by atoms with E-state index < -0.39 is 0 Å². The highest BCUT2D eigenvalue weighted by Gasteiger charge is 1.96. The summed E-state index contributed by atoms with van der Waals surface area (Å²) >= 11 is 2.25. The first kappa shape index (κ1) is 10.7. The van der Waals surface area contributed by atoms with Gasteiger partial charge in [-0.2, -0.15) is 0 Å². The molecule has 1 amide bonds. The fourth-order valence-electron chi connectivity index (χ4n) is 0.443. The zero-order valence-corrected chi connectivity index (χ0v) is 8.46. The van der Waals surface area contributed by atoms with Crippen LogP contribution in [0.25, 0.3) is 0 Å². The van der Waals surface area contributed by atoms with Gasteiger partial charge in [-0.3, -0.25) is 0 Å². The molecule has 0 atom stereocenters. The van der Waals surface area contributed by atoms with Gasteiger partial charge in [0.15, 0.2) is 0 Å². The predicted octanol–water partition coefficient (Wildman–Crippen LogP) is 1.72. The van der Waals surface area contributed by atoms with Crippen LogP contribution in [0.15, 0.2) is 12.7 Å². The van der Waals surface area contributed by atoms with Crippen LogP contribution in [0.2, 0.25) is 0 Å². The first-order valence-electron chi connectivity index (χ1n) is 3.38. The van der Waals surface area contributed by atoms with Crippen LogP contribution in [0, 0.1) is 0 Å². The number of alkyl carbamates (subject to hydrolysis) is 1. The zero-order chi connectivity index (χ0) is 8.53. The number of hydrogen-bond acceptors (Lipinski definition) is 2. The second-order valence-corrected chi connectivity index (χ2v) is 2.94. The highest BCUT2D eigenvalue weighted by Crippen LogP contribution is 1.86. The van der Waals surface area contributed by atoms with Crippen LogP contribution in [0.1, 0.15) is 6.42 Å². The van der Waals surface area contributed by atoms with E-state index in [1.807, 2.05) is 0 Å². The molecule has 0 saturated carbocycles. The first-order valence-corrected chi connectivity index (χ1v) is 4.91. The molecule has 11 heavy (non-hydrogen) atoms. The number of halogens is 1. The number of carbonyl (C=O) groups is 1. The monoisotopic (exact) mass is 269 g/mol. The molecule has 1 N–H and O–H groups in total. The second kappa shape index (κ2) is 7.84. The molecular weight excluding hydrogens is 257 g/mol. The Kier molecular flexibility index (Phi) is 7.66. The van der Waals surface area contributed by atoms with Gasteiger partial charge in [-0.05, 0) is 6.42 Å². The molecule has 0 aliphatic heterocycles. The van der Waals surface area contributed by atoms with Crippen LogP contribution >= 0.6 is 22.6 Å². The van der Waals surface area contributed by atoms with E-state index in [4.69, 9.17) is 0 Å². The van der Waals surface area contributed by atoms with Gasteiger partial charge in [0.05, 0.1) is 0 Å². The standard InChI is InChI=1S/C7H12INO2/c1-2-6-11-7(10)9-5-3-4-8/h2H,1,3-6H2,(H,9,10). The van der Waals surface area contributed by atoms with Crippen molar-refractivity contribution in [1.82, 2.24) is 5.32 Å². The Morgan fingerprint density at radius 3 is 3.00 bits per heavy atom. The number of hydrogen-bond donors (Lipinski definition) is 1. The summed E-state index contributed by atoms with van der Waals surface area (Å²) in [5.74, 6) is 0. The molecule has 64 valence electrons. The number of ether oxygens (including phenoxy) is 1. The summed E-state index contributed by atoms with van der Waals surface area (Å²) in [6.07, 6.45) is 2.15. The zero-order valence-electron chi connectivity index (χ0n) is 6.31. The van der Waals surface area contributed by atoms with Crippen molar-refractivity contribution in [2.45, 2.75) is 6.42 Å². The molecule has 0 aliphatic carbocycles. The van der Waals surface area contributed by atoms with E-state index in [-0.39, 0.29) is 12.7 Å². The first-order chi connectivity index (χ1) is 5.31. The van der Waals surface area contributed by atoms with Gasteiger partial charge >= 0.3 is 6.09 Å². The Morgan fingerprint density at radius 1 is 1.73 bits per heavy atom. The Bertz CT molecular complexity index is 128. The van der Waals surface area contributed by atoms with Crippen molar-refractivity contribution >= 4 is 28.7 Å². The van der Waals surface area contributed by atoms with Gasteiger partial charge in [0.2, 0.25) is 0 Å². The molecule has 0 aliphatic rings. The van der Waals surface area contributed by atoms with Crippen LogP contribution in [0.4, 0.5) is 4.79 Å². The van der Waals surface area contributed by atoms with Crippen LogP contribution in [-0.4, -0.2) is 23.7 Å². The number of rotatable bonds is 5. The average Bonchev–Trinajstić information content (AvgIpc) is 2.01. The largest absolute Gasteiger partial charge is 0.445 e. The van der Waals surface area contributed by atoms with E-state index in [2.05, 4.69) is 39.2 Å². The SMILES string of the molecule is C=CCOC(=O)NCCCI. The van der Waals surface area contributed by atoms with Gasteiger partial charge in [0.25, 0.3) is 0 Å². The topological polar surface area (TPSA) is 38.3 Å². The lowest BCUT2D eigenvalue weighted by Gasteiger charge is -2.02. The molecule has 0 bridgehead atoms. The fraction of sp³-hybridized carbons (Fsp3) is 0.571. The van der Waals surface area contributed by atoms with E-state index in [0.29, 0.717) is 6.54 Å². The third kappa shape index (κ3) is 7.64. The summed E-state index contributed by atoms with van der Waals surface area (Å²) < 4.78 is 5.71. The fourth-order valence-corrected chi connectivity index (χ4v) is 0.824. The van der Waals surface area contributed by atoms with Crippen molar-refractivity contribution in [3.63, 3.8) is 0 Å². The second-order valence-electron chi connectivity index (χ2n) is 1.86. The van der Waals surface area contributed by atoms with E-state index in [1.54, 1.807) is 0 Å². The maximum absolute atomic E-state index is 10.7. The van der Waals surface area contributed by atoms with E-state index in [9.17, 15) is 4.79 Å². The minimum atomic E-state index is -0.366. The van der Waals surface area contributed by atoms with Gasteiger partial charge in [-0.25, -0.2) is 4.79 Å². The van der Waals surface area contributed by atoms with Gasteiger partial charge in [0.1, 0.15) is 6.61 Å². The van der Waals surface area contributed by atoms with E-state index in [0.717, 1.165) is 10.8 Å². The third-order valence-electron chi connectivity index (χ3n) is 0.912. The van der Waals surface area contributed by atoms with E-state index in [1.165, 1.54) is 6.08 Å². The minimum Gasteiger partial charge on any atom is -0.445 e. The Balaban J connectivity index is 3.15. The van der Waals surface area contributed by atoms with E-state index >= 15 is 0 Å². The van der Waals surface area contributed by atoms with Crippen LogP contribution < -0.4 is 5.32 Å². The van der Waals surface area contributed by atoms with Crippen molar-refractivity contribution in [3.05, 3.63) is 12.7 Å².